The van der Waals surface area contributed by atoms with Crippen molar-refractivity contribution in [1.82, 2.24) is 5.32 Å². The summed E-state index contributed by atoms with van der Waals surface area (Å²) in [5.74, 6) is 0.380. The fraction of sp³-hybridized carbons (Fsp3) is 0.647. The summed E-state index contributed by atoms with van der Waals surface area (Å²) < 4.78 is 14.1. The number of anilines is 1. The smallest absolute Gasteiger partial charge is 0.137 e. The van der Waals surface area contributed by atoms with Gasteiger partial charge >= 0.3 is 0 Å². The molecule has 21 heavy (non-hydrogen) atoms. The minimum absolute atomic E-state index is 0.189. The zero-order chi connectivity index (χ0) is 15.0. The van der Waals surface area contributed by atoms with Crippen LogP contribution in [0.3, 0.4) is 0 Å². The third-order valence-corrected chi connectivity index (χ3v) is 5.73. The number of piperazine rings is 1. The van der Waals surface area contributed by atoms with Gasteiger partial charge in [-0.25, -0.2) is 4.39 Å². The first-order valence-electron chi connectivity index (χ1n) is 7.97. The molecule has 1 aliphatic carbocycles. The molecule has 1 aromatic carbocycles. The molecule has 3 rings (SSSR count). The van der Waals surface area contributed by atoms with Crippen LogP contribution in [-0.4, -0.2) is 24.7 Å². The van der Waals surface area contributed by atoms with Crippen molar-refractivity contribution in [2.24, 2.45) is 5.92 Å². The zero-order valence-electron chi connectivity index (χ0n) is 12.8. The molecule has 1 spiro atoms. The molecule has 1 aromatic rings. The van der Waals surface area contributed by atoms with E-state index in [-0.39, 0.29) is 11.4 Å². The van der Waals surface area contributed by atoms with Crippen LogP contribution in [0.4, 0.5) is 10.1 Å². The summed E-state index contributed by atoms with van der Waals surface area (Å²) in [7, 11) is 0. The van der Waals surface area contributed by atoms with Crippen LogP contribution in [0.5, 0.6) is 0 Å². The van der Waals surface area contributed by atoms with Gasteiger partial charge in [-0.3, -0.25) is 0 Å². The van der Waals surface area contributed by atoms with Crippen molar-refractivity contribution in [1.29, 1.82) is 0 Å². The van der Waals surface area contributed by atoms with Crippen LogP contribution in [0.2, 0.25) is 0 Å². The number of nitrogens with one attached hydrogen (secondary N) is 1. The Morgan fingerprint density at radius 3 is 2.67 bits per heavy atom. The molecule has 1 atom stereocenters. The van der Waals surface area contributed by atoms with Gasteiger partial charge in [0, 0.05) is 30.4 Å². The lowest BCUT2D eigenvalue weighted by molar-refractivity contribution is 0.245. The number of nitrogens with zero attached hydrogens (tertiary/aromatic N) is 1. The van der Waals surface area contributed by atoms with Crippen molar-refractivity contribution in [3.05, 3.63) is 28.5 Å². The highest BCUT2D eigenvalue weighted by molar-refractivity contribution is 9.10. The largest absolute Gasteiger partial charge is 0.365 e. The zero-order valence-corrected chi connectivity index (χ0v) is 14.4. The average molecular weight is 355 g/mol. The molecule has 2 aliphatic rings. The maximum absolute atomic E-state index is 13.5. The molecule has 1 saturated heterocycles. The van der Waals surface area contributed by atoms with E-state index in [9.17, 15) is 4.39 Å². The van der Waals surface area contributed by atoms with Gasteiger partial charge < -0.3 is 10.2 Å². The molecule has 116 valence electrons. The third kappa shape index (κ3) is 2.98. The summed E-state index contributed by atoms with van der Waals surface area (Å²) >= 11 is 3.33. The summed E-state index contributed by atoms with van der Waals surface area (Å²) in [6, 6.07) is 5.89. The van der Waals surface area contributed by atoms with E-state index in [0.717, 1.165) is 18.8 Å². The fourth-order valence-corrected chi connectivity index (χ4v) is 4.23. The van der Waals surface area contributed by atoms with Gasteiger partial charge in [-0.2, -0.15) is 0 Å². The van der Waals surface area contributed by atoms with E-state index in [1.165, 1.54) is 25.7 Å². The van der Waals surface area contributed by atoms with Crippen LogP contribution in [0.15, 0.2) is 22.7 Å². The Morgan fingerprint density at radius 2 is 2.05 bits per heavy atom. The second-order valence-electron chi connectivity index (χ2n) is 6.91. The molecule has 0 bridgehead atoms. The number of halogens is 2. The van der Waals surface area contributed by atoms with E-state index in [2.05, 4.69) is 40.0 Å². The van der Waals surface area contributed by atoms with Gasteiger partial charge in [0.1, 0.15) is 5.82 Å². The van der Waals surface area contributed by atoms with Crippen molar-refractivity contribution in [2.75, 3.05) is 18.0 Å². The lowest BCUT2D eigenvalue weighted by Gasteiger charge is -2.49. The highest BCUT2D eigenvalue weighted by Crippen LogP contribution is 2.37. The molecule has 0 amide bonds. The Bertz CT molecular complexity index is 512. The first-order valence-corrected chi connectivity index (χ1v) is 8.77. The quantitative estimate of drug-likeness (QED) is 0.849. The van der Waals surface area contributed by atoms with E-state index in [1.807, 2.05) is 12.1 Å². The standard InChI is InChI=1S/C17H24BrFN2/c1-12(2)16-10-20-17(7-3-4-8-17)11-21(16)13-5-6-15(19)14(18)9-13/h5-6,9,12,16,20H,3-4,7-8,10-11H2,1-2H3. The van der Waals surface area contributed by atoms with Gasteiger partial charge in [-0.15, -0.1) is 0 Å². The molecule has 0 aromatic heterocycles. The van der Waals surface area contributed by atoms with Crippen molar-refractivity contribution in [3.8, 4) is 0 Å². The van der Waals surface area contributed by atoms with E-state index in [0.29, 0.717) is 16.4 Å². The lowest BCUT2D eigenvalue weighted by atomic mass is 9.88. The predicted octanol–water partition coefficient (Wildman–Crippen LogP) is 4.34. The van der Waals surface area contributed by atoms with Crippen molar-refractivity contribution < 1.29 is 4.39 Å². The average Bonchev–Trinajstić information content (AvgIpc) is 2.89. The number of hydrogen-bond acceptors (Lipinski definition) is 2. The fourth-order valence-electron chi connectivity index (χ4n) is 3.86. The highest BCUT2D eigenvalue weighted by atomic mass is 79.9. The van der Waals surface area contributed by atoms with Crippen LogP contribution in [-0.2, 0) is 0 Å². The molecule has 4 heteroatoms. The first kappa shape index (κ1) is 15.3. The van der Waals surface area contributed by atoms with Crippen LogP contribution in [0.25, 0.3) is 0 Å². The van der Waals surface area contributed by atoms with E-state index >= 15 is 0 Å². The summed E-state index contributed by atoms with van der Waals surface area (Å²) in [5, 5.41) is 3.82. The van der Waals surface area contributed by atoms with Crippen molar-refractivity contribution in [2.45, 2.75) is 51.1 Å². The van der Waals surface area contributed by atoms with Gasteiger partial charge in [-0.05, 0) is 52.9 Å². The molecule has 1 unspecified atom stereocenters. The maximum Gasteiger partial charge on any atom is 0.137 e. The van der Waals surface area contributed by atoms with Crippen molar-refractivity contribution in [3.63, 3.8) is 0 Å². The molecule has 0 radical (unpaired) electrons. The molecule has 2 nitrogen and oxygen atoms in total. The Balaban J connectivity index is 1.91. The second-order valence-corrected chi connectivity index (χ2v) is 7.76. The van der Waals surface area contributed by atoms with Gasteiger partial charge in [0.15, 0.2) is 0 Å². The van der Waals surface area contributed by atoms with Crippen LogP contribution >= 0.6 is 15.9 Å². The van der Waals surface area contributed by atoms with Crippen LogP contribution in [0.1, 0.15) is 39.5 Å². The Morgan fingerprint density at radius 1 is 1.33 bits per heavy atom. The van der Waals surface area contributed by atoms with Gasteiger partial charge in [-0.1, -0.05) is 26.7 Å². The van der Waals surface area contributed by atoms with Gasteiger partial charge in [0.05, 0.1) is 4.47 Å². The summed E-state index contributed by atoms with van der Waals surface area (Å²) in [4.78, 5) is 2.50. The van der Waals surface area contributed by atoms with Crippen LogP contribution in [0, 0.1) is 11.7 Å². The van der Waals surface area contributed by atoms with Gasteiger partial charge in [0.25, 0.3) is 0 Å². The Labute approximate surface area is 135 Å². The van der Waals surface area contributed by atoms with Gasteiger partial charge in [0.2, 0.25) is 0 Å². The lowest BCUT2D eigenvalue weighted by Crippen LogP contribution is -2.64. The Hall–Kier alpha value is -0.610. The molecular formula is C17H24BrFN2. The van der Waals surface area contributed by atoms with E-state index in [4.69, 9.17) is 0 Å². The monoisotopic (exact) mass is 354 g/mol. The third-order valence-electron chi connectivity index (χ3n) is 5.12. The van der Waals surface area contributed by atoms with E-state index < -0.39 is 0 Å². The maximum atomic E-state index is 13.5. The normalized spacial score (nSPS) is 25.0. The SMILES string of the molecule is CC(C)C1CNC2(CCCC2)CN1c1ccc(F)c(Br)c1. The number of hydrogen-bond donors (Lipinski definition) is 1. The highest BCUT2D eigenvalue weighted by Gasteiger charge is 2.41. The summed E-state index contributed by atoms with van der Waals surface area (Å²) in [6.07, 6.45) is 5.16. The van der Waals surface area contributed by atoms with E-state index in [1.54, 1.807) is 6.07 Å². The molecule has 1 aliphatic heterocycles. The molecule has 1 saturated carbocycles. The van der Waals surface area contributed by atoms with Crippen molar-refractivity contribution >= 4 is 21.6 Å². The minimum Gasteiger partial charge on any atom is -0.365 e. The summed E-state index contributed by atoms with van der Waals surface area (Å²) in [5.41, 5.74) is 1.40. The topological polar surface area (TPSA) is 15.3 Å². The Kier molecular flexibility index (Phi) is 4.28. The molecule has 1 heterocycles. The number of benzene rings is 1. The minimum atomic E-state index is -0.189. The first-order chi connectivity index (χ1) is 10.0. The molecule has 2 fully saturated rings. The summed E-state index contributed by atoms with van der Waals surface area (Å²) in [6.45, 7) is 6.59. The molecular weight excluding hydrogens is 331 g/mol. The second kappa shape index (κ2) is 5.88. The number of rotatable bonds is 2. The predicted molar refractivity (Wildman–Crippen MR) is 89.3 cm³/mol. The van der Waals surface area contributed by atoms with Crippen LogP contribution < -0.4 is 10.2 Å². The molecule has 1 N–H and O–H groups in total.